The van der Waals surface area contributed by atoms with Gasteiger partial charge in [0.25, 0.3) is 20.2 Å². The maximum absolute atomic E-state index is 12.1. The van der Waals surface area contributed by atoms with E-state index in [1.54, 1.807) is 6.07 Å². The second kappa shape index (κ2) is 10.4. The topological polar surface area (TPSA) is 138 Å². The predicted octanol–water partition coefficient (Wildman–Crippen LogP) is 6.30. The highest BCUT2D eigenvalue weighted by Crippen LogP contribution is 2.45. The van der Waals surface area contributed by atoms with Crippen LogP contribution in [0.25, 0.3) is 32.3 Å². The number of benzene rings is 4. The number of hydrogen-bond donors (Lipinski definition) is 3. The van der Waals surface area contributed by atoms with E-state index in [0.29, 0.717) is 28.5 Å². The SMILES string of the molecule is CCCCCCCCCCOc1cc(O)c2ccc3c(S(=O)(=O)O)cc(S(=O)(=O)O)c4ccc1c2c34. The molecule has 4 aromatic carbocycles. The monoisotopic (exact) mass is 534 g/mol. The van der Waals surface area contributed by atoms with E-state index in [0.717, 1.165) is 25.3 Å². The van der Waals surface area contributed by atoms with Crippen molar-refractivity contribution in [3.05, 3.63) is 36.4 Å². The van der Waals surface area contributed by atoms with Crippen molar-refractivity contribution < 1.29 is 35.8 Å². The molecule has 0 radical (unpaired) electrons. The van der Waals surface area contributed by atoms with Crippen LogP contribution in [0.2, 0.25) is 0 Å². The fraction of sp³-hybridized carbons (Fsp3) is 0.385. The first-order valence-electron chi connectivity index (χ1n) is 12.1. The van der Waals surface area contributed by atoms with Gasteiger partial charge in [0.1, 0.15) is 21.3 Å². The van der Waals surface area contributed by atoms with Crippen LogP contribution in [0.3, 0.4) is 0 Å². The van der Waals surface area contributed by atoms with Crippen LogP contribution in [0, 0.1) is 0 Å². The van der Waals surface area contributed by atoms with Crippen LogP contribution in [0.15, 0.2) is 46.2 Å². The molecule has 0 fully saturated rings. The molecule has 0 amide bonds. The van der Waals surface area contributed by atoms with Gasteiger partial charge in [-0.15, -0.1) is 0 Å². The molecule has 0 aliphatic heterocycles. The smallest absolute Gasteiger partial charge is 0.295 e. The van der Waals surface area contributed by atoms with Crippen molar-refractivity contribution in [3.63, 3.8) is 0 Å². The molecule has 0 saturated heterocycles. The summed E-state index contributed by atoms with van der Waals surface area (Å²) in [6.07, 6.45) is 9.12. The lowest BCUT2D eigenvalue weighted by Crippen LogP contribution is -2.06. The standard InChI is InChI=1S/C26H30O8S2/c1-2-3-4-5-6-7-8-9-14-34-22-15-21(27)17-10-12-19-23(35(28,29)30)16-24(36(31,32)33)20-13-11-18(22)25(17)26(19)20/h10-13,15-16,27H,2-9,14H2,1H3,(H,28,29,30)(H,31,32,33). The lowest BCUT2D eigenvalue weighted by molar-refractivity contribution is 0.306. The molecule has 194 valence electrons. The zero-order chi connectivity index (χ0) is 26.1. The van der Waals surface area contributed by atoms with Crippen molar-refractivity contribution in [3.8, 4) is 11.5 Å². The molecule has 10 heteroatoms. The zero-order valence-electron chi connectivity index (χ0n) is 20.0. The Morgan fingerprint density at radius 2 is 1.14 bits per heavy atom. The molecule has 0 aliphatic rings. The number of phenols is 1. The average Bonchev–Trinajstić information content (AvgIpc) is 2.81. The molecular formula is C26H30O8S2. The minimum Gasteiger partial charge on any atom is -0.507 e. The van der Waals surface area contributed by atoms with E-state index in [1.165, 1.54) is 56.4 Å². The van der Waals surface area contributed by atoms with Crippen molar-refractivity contribution >= 4 is 52.6 Å². The summed E-state index contributed by atoms with van der Waals surface area (Å²) < 4.78 is 74.0. The van der Waals surface area contributed by atoms with Gasteiger partial charge in [-0.2, -0.15) is 16.8 Å². The van der Waals surface area contributed by atoms with E-state index in [2.05, 4.69) is 6.92 Å². The van der Waals surface area contributed by atoms with Gasteiger partial charge in [0, 0.05) is 38.4 Å². The Morgan fingerprint density at radius 3 is 1.69 bits per heavy atom. The van der Waals surface area contributed by atoms with Gasteiger partial charge in [-0.05, 0) is 24.6 Å². The molecule has 0 spiro atoms. The summed E-state index contributed by atoms with van der Waals surface area (Å²) in [7, 11) is -9.66. The molecule has 0 unspecified atom stereocenters. The molecule has 0 aromatic heterocycles. The quantitative estimate of drug-likeness (QED) is 0.109. The molecule has 8 nitrogen and oxygen atoms in total. The fourth-order valence-electron chi connectivity index (χ4n) is 4.84. The largest absolute Gasteiger partial charge is 0.507 e. The van der Waals surface area contributed by atoms with Gasteiger partial charge in [-0.1, -0.05) is 64.0 Å². The Bertz CT molecular complexity index is 1560. The van der Waals surface area contributed by atoms with Gasteiger partial charge in [0.2, 0.25) is 0 Å². The first-order chi connectivity index (χ1) is 17.0. The van der Waals surface area contributed by atoms with Gasteiger partial charge < -0.3 is 9.84 Å². The summed E-state index contributed by atoms with van der Waals surface area (Å²) >= 11 is 0. The van der Waals surface area contributed by atoms with Crippen LogP contribution in [-0.2, 0) is 20.2 Å². The Morgan fingerprint density at radius 1 is 0.667 bits per heavy atom. The first-order valence-corrected chi connectivity index (χ1v) is 15.0. The van der Waals surface area contributed by atoms with Crippen LogP contribution in [0.1, 0.15) is 58.3 Å². The minimum atomic E-state index is -4.83. The molecule has 0 heterocycles. The molecule has 36 heavy (non-hydrogen) atoms. The molecule has 4 rings (SSSR count). The van der Waals surface area contributed by atoms with Crippen LogP contribution < -0.4 is 4.74 Å². The van der Waals surface area contributed by atoms with E-state index >= 15 is 0 Å². The van der Waals surface area contributed by atoms with E-state index in [-0.39, 0.29) is 21.9 Å². The lowest BCUT2D eigenvalue weighted by Gasteiger charge is -2.18. The Kier molecular flexibility index (Phi) is 7.61. The van der Waals surface area contributed by atoms with Gasteiger partial charge >= 0.3 is 0 Å². The summed E-state index contributed by atoms with van der Waals surface area (Å²) in [5, 5.41) is 12.3. The third-order valence-electron chi connectivity index (χ3n) is 6.57. The Labute approximate surface area is 210 Å². The molecule has 3 N–H and O–H groups in total. The average molecular weight is 535 g/mol. The lowest BCUT2D eigenvalue weighted by atomic mass is 9.93. The highest BCUT2D eigenvalue weighted by Gasteiger charge is 2.26. The van der Waals surface area contributed by atoms with E-state index < -0.39 is 30.0 Å². The summed E-state index contributed by atoms with van der Waals surface area (Å²) in [6.45, 7) is 2.61. The van der Waals surface area contributed by atoms with Crippen LogP contribution in [0.5, 0.6) is 11.5 Å². The van der Waals surface area contributed by atoms with Gasteiger partial charge in [0.05, 0.1) is 6.61 Å². The molecule has 0 atom stereocenters. The highest BCUT2D eigenvalue weighted by molar-refractivity contribution is 7.87. The van der Waals surface area contributed by atoms with Gasteiger partial charge in [0.15, 0.2) is 0 Å². The van der Waals surface area contributed by atoms with E-state index in [9.17, 15) is 31.0 Å². The first kappa shape index (κ1) is 26.4. The normalized spacial score (nSPS) is 12.8. The molecule has 4 aromatic rings. The number of unbranched alkanes of at least 4 members (excludes halogenated alkanes) is 7. The molecule has 0 bridgehead atoms. The Hall–Kier alpha value is -2.66. The summed E-state index contributed by atoms with van der Waals surface area (Å²) in [4.78, 5) is -1.30. The summed E-state index contributed by atoms with van der Waals surface area (Å²) in [5.41, 5.74) is 0. The molecular weight excluding hydrogens is 504 g/mol. The number of rotatable bonds is 12. The number of ether oxygens (including phenoxy) is 1. The van der Waals surface area contributed by atoms with Crippen molar-refractivity contribution in [2.75, 3.05) is 6.61 Å². The van der Waals surface area contributed by atoms with E-state index in [4.69, 9.17) is 4.74 Å². The summed E-state index contributed by atoms with van der Waals surface area (Å²) in [6, 6.07) is 8.20. The predicted molar refractivity (Wildman–Crippen MR) is 140 cm³/mol. The second-order valence-corrected chi connectivity index (χ2v) is 11.9. The van der Waals surface area contributed by atoms with Gasteiger partial charge in [-0.3, -0.25) is 9.11 Å². The van der Waals surface area contributed by atoms with Crippen molar-refractivity contribution in [2.45, 2.75) is 68.1 Å². The fourth-order valence-corrected chi connectivity index (χ4v) is 6.35. The third-order valence-corrected chi connectivity index (χ3v) is 8.36. The maximum atomic E-state index is 12.1. The molecule has 0 aliphatic carbocycles. The van der Waals surface area contributed by atoms with Crippen molar-refractivity contribution in [2.24, 2.45) is 0 Å². The van der Waals surface area contributed by atoms with Crippen LogP contribution in [-0.4, -0.2) is 37.7 Å². The van der Waals surface area contributed by atoms with Crippen molar-refractivity contribution in [1.82, 2.24) is 0 Å². The van der Waals surface area contributed by atoms with Crippen LogP contribution >= 0.6 is 0 Å². The summed E-state index contributed by atoms with van der Waals surface area (Å²) in [5.74, 6) is 0.261. The minimum absolute atomic E-state index is 0.0672. The number of aromatic hydroxyl groups is 1. The van der Waals surface area contributed by atoms with E-state index in [1.807, 2.05) is 0 Å². The van der Waals surface area contributed by atoms with Gasteiger partial charge in [-0.25, -0.2) is 0 Å². The second-order valence-electron chi connectivity index (χ2n) is 9.11. The number of phenolic OH excluding ortho intramolecular Hbond substituents is 1. The zero-order valence-corrected chi connectivity index (χ0v) is 21.7. The maximum Gasteiger partial charge on any atom is 0.295 e. The number of hydrogen-bond acceptors (Lipinski definition) is 6. The molecule has 0 saturated carbocycles. The third kappa shape index (κ3) is 5.22. The van der Waals surface area contributed by atoms with Crippen molar-refractivity contribution in [1.29, 1.82) is 0 Å². The highest BCUT2D eigenvalue weighted by atomic mass is 32.2. The van der Waals surface area contributed by atoms with Crippen LogP contribution in [0.4, 0.5) is 0 Å². The Balaban J connectivity index is 1.74.